The molecule has 1 saturated carbocycles. The quantitative estimate of drug-likeness (QED) is 0.807. The van der Waals surface area contributed by atoms with Crippen molar-refractivity contribution in [2.75, 3.05) is 13.1 Å². The summed E-state index contributed by atoms with van der Waals surface area (Å²) in [6.07, 6.45) is -1.85. The molecule has 0 aromatic rings. The van der Waals surface area contributed by atoms with E-state index in [1.54, 1.807) is 6.92 Å². The van der Waals surface area contributed by atoms with Gasteiger partial charge in [-0.3, -0.25) is 4.90 Å². The minimum absolute atomic E-state index is 0.0353. The maximum Gasteiger partial charge on any atom is 0.407 e. The first-order valence-corrected chi connectivity index (χ1v) is 5.97. The fraction of sp³-hybridized carbons (Fsp3) is 1.00. The minimum Gasteiger partial charge on any atom is -0.303 e. The highest BCUT2D eigenvalue weighted by atomic mass is 19.4. The normalized spacial score (nSPS) is 36.9. The fourth-order valence-corrected chi connectivity index (χ4v) is 2.82. The summed E-state index contributed by atoms with van der Waals surface area (Å²) in [6.45, 7) is 4.13. The Morgan fingerprint density at radius 3 is 2.44 bits per heavy atom. The molecule has 2 aliphatic rings. The van der Waals surface area contributed by atoms with Gasteiger partial charge in [0.1, 0.15) is 5.54 Å². The van der Waals surface area contributed by atoms with E-state index in [1.807, 2.05) is 11.8 Å². The maximum atomic E-state index is 13.1. The van der Waals surface area contributed by atoms with Crippen LogP contribution in [0.4, 0.5) is 13.2 Å². The highest BCUT2D eigenvalue weighted by Gasteiger charge is 2.60. The lowest BCUT2D eigenvalue weighted by molar-refractivity contribution is -0.192. The van der Waals surface area contributed by atoms with Gasteiger partial charge in [0.25, 0.3) is 0 Å². The molecule has 1 saturated heterocycles. The molecule has 2 nitrogen and oxygen atoms in total. The zero-order chi connectivity index (χ0) is 12.0. The van der Waals surface area contributed by atoms with E-state index in [0.717, 1.165) is 12.8 Å². The lowest BCUT2D eigenvalue weighted by atomic mass is 9.95. The standard InChI is InChI=1S/C11H19F3N2/c1-3-15-10(11(12,13)14)6-8(2)16(7-10)9-4-5-9/h8-9,15H,3-7H2,1-2H3. The van der Waals surface area contributed by atoms with Gasteiger partial charge in [-0.15, -0.1) is 0 Å². The number of likely N-dealkylation sites (tertiary alicyclic amines) is 1. The van der Waals surface area contributed by atoms with Crippen molar-refractivity contribution < 1.29 is 13.2 Å². The van der Waals surface area contributed by atoms with Gasteiger partial charge in [0, 0.05) is 18.6 Å². The Balaban J connectivity index is 2.15. The number of halogens is 3. The molecule has 2 unspecified atom stereocenters. The van der Waals surface area contributed by atoms with Crippen LogP contribution in [0.5, 0.6) is 0 Å². The Kier molecular flexibility index (Phi) is 2.95. The molecule has 94 valence electrons. The molecule has 2 fully saturated rings. The molecule has 1 N–H and O–H groups in total. The number of alkyl halides is 3. The van der Waals surface area contributed by atoms with Crippen molar-refractivity contribution in [3.63, 3.8) is 0 Å². The van der Waals surface area contributed by atoms with E-state index in [2.05, 4.69) is 5.32 Å². The Morgan fingerprint density at radius 1 is 1.38 bits per heavy atom. The fourth-order valence-electron chi connectivity index (χ4n) is 2.82. The third-order valence-corrected chi connectivity index (χ3v) is 3.74. The Bertz CT molecular complexity index is 262. The van der Waals surface area contributed by atoms with Crippen molar-refractivity contribution in [2.24, 2.45) is 0 Å². The summed E-state index contributed by atoms with van der Waals surface area (Å²) in [7, 11) is 0. The summed E-state index contributed by atoms with van der Waals surface area (Å²) in [6, 6.07) is 0.436. The van der Waals surface area contributed by atoms with E-state index in [4.69, 9.17) is 0 Å². The first-order chi connectivity index (χ1) is 7.39. The molecule has 0 radical (unpaired) electrons. The molecule has 0 aromatic heterocycles. The number of nitrogens with zero attached hydrogens (tertiary/aromatic N) is 1. The molecule has 16 heavy (non-hydrogen) atoms. The molecule has 2 atom stereocenters. The topological polar surface area (TPSA) is 15.3 Å². The summed E-state index contributed by atoms with van der Waals surface area (Å²) in [5.41, 5.74) is -1.68. The lowest BCUT2D eigenvalue weighted by Gasteiger charge is -2.32. The van der Waals surface area contributed by atoms with Crippen LogP contribution in [0.15, 0.2) is 0 Å². The molecular weight excluding hydrogens is 217 g/mol. The largest absolute Gasteiger partial charge is 0.407 e. The van der Waals surface area contributed by atoms with Gasteiger partial charge in [-0.25, -0.2) is 0 Å². The van der Waals surface area contributed by atoms with Gasteiger partial charge in [-0.1, -0.05) is 6.92 Å². The van der Waals surface area contributed by atoms with Crippen LogP contribution in [0, 0.1) is 0 Å². The van der Waals surface area contributed by atoms with Crippen LogP contribution >= 0.6 is 0 Å². The van der Waals surface area contributed by atoms with Gasteiger partial charge in [0.2, 0.25) is 0 Å². The molecule has 0 amide bonds. The first kappa shape index (κ1) is 12.2. The number of nitrogens with one attached hydrogen (secondary N) is 1. The van der Waals surface area contributed by atoms with Crippen molar-refractivity contribution in [3.8, 4) is 0 Å². The van der Waals surface area contributed by atoms with E-state index in [1.165, 1.54) is 0 Å². The maximum absolute atomic E-state index is 13.1. The van der Waals surface area contributed by atoms with E-state index in [-0.39, 0.29) is 19.0 Å². The number of rotatable bonds is 3. The molecule has 1 aliphatic heterocycles. The molecule has 5 heteroatoms. The van der Waals surface area contributed by atoms with E-state index < -0.39 is 11.7 Å². The monoisotopic (exact) mass is 236 g/mol. The average Bonchev–Trinajstić information content (AvgIpc) is 2.91. The van der Waals surface area contributed by atoms with Gasteiger partial charge < -0.3 is 5.32 Å². The number of hydrogen-bond donors (Lipinski definition) is 1. The van der Waals surface area contributed by atoms with Crippen LogP contribution < -0.4 is 5.32 Å². The number of likely N-dealkylation sites (N-methyl/N-ethyl adjacent to an activating group) is 1. The summed E-state index contributed by atoms with van der Waals surface area (Å²) >= 11 is 0. The van der Waals surface area contributed by atoms with Crippen LogP contribution in [0.3, 0.4) is 0 Å². The summed E-state index contributed by atoms with van der Waals surface area (Å²) in [5.74, 6) is 0. The second-order valence-corrected chi connectivity index (χ2v) is 5.07. The van der Waals surface area contributed by atoms with Crippen molar-refractivity contribution in [1.82, 2.24) is 10.2 Å². The zero-order valence-electron chi connectivity index (χ0n) is 9.77. The van der Waals surface area contributed by atoms with E-state index in [0.29, 0.717) is 12.6 Å². The third-order valence-electron chi connectivity index (χ3n) is 3.74. The van der Waals surface area contributed by atoms with Crippen LogP contribution in [-0.2, 0) is 0 Å². The van der Waals surface area contributed by atoms with E-state index in [9.17, 15) is 13.2 Å². The van der Waals surface area contributed by atoms with Gasteiger partial charge >= 0.3 is 6.18 Å². The summed E-state index contributed by atoms with van der Waals surface area (Å²) in [4.78, 5) is 2.02. The molecule has 0 spiro atoms. The second-order valence-electron chi connectivity index (χ2n) is 5.07. The molecule has 1 heterocycles. The first-order valence-electron chi connectivity index (χ1n) is 5.97. The minimum atomic E-state index is -4.15. The lowest BCUT2D eigenvalue weighted by Crippen LogP contribution is -2.58. The highest BCUT2D eigenvalue weighted by Crippen LogP contribution is 2.44. The number of hydrogen-bond acceptors (Lipinski definition) is 2. The SMILES string of the molecule is CCNC1(C(F)(F)F)CC(C)N(C2CC2)C1. The summed E-state index contributed by atoms with van der Waals surface area (Å²) in [5, 5.41) is 2.67. The van der Waals surface area contributed by atoms with E-state index >= 15 is 0 Å². The molecule has 2 rings (SSSR count). The van der Waals surface area contributed by atoms with Crippen molar-refractivity contribution >= 4 is 0 Å². The van der Waals surface area contributed by atoms with Crippen molar-refractivity contribution in [1.29, 1.82) is 0 Å². The highest BCUT2D eigenvalue weighted by molar-refractivity contribution is 5.08. The third kappa shape index (κ3) is 1.95. The smallest absolute Gasteiger partial charge is 0.303 e. The van der Waals surface area contributed by atoms with Gasteiger partial charge in [-0.05, 0) is 32.7 Å². The van der Waals surface area contributed by atoms with Crippen LogP contribution in [0.1, 0.15) is 33.1 Å². The second kappa shape index (κ2) is 3.88. The Labute approximate surface area is 94.2 Å². The average molecular weight is 236 g/mol. The zero-order valence-corrected chi connectivity index (χ0v) is 9.77. The Hall–Kier alpha value is -0.290. The van der Waals surface area contributed by atoms with Gasteiger partial charge in [0.05, 0.1) is 0 Å². The Morgan fingerprint density at radius 2 is 2.00 bits per heavy atom. The van der Waals surface area contributed by atoms with Gasteiger partial charge in [0.15, 0.2) is 0 Å². The molecule has 0 bridgehead atoms. The predicted molar refractivity (Wildman–Crippen MR) is 56.3 cm³/mol. The predicted octanol–water partition coefficient (Wildman–Crippen LogP) is 2.15. The molecular formula is C11H19F3N2. The van der Waals surface area contributed by atoms with Crippen LogP contribution in [-0.4, -0.2) is 41.8 Å². The van der Waals surface area contributed by atoms with Gasteiger partial charge in [-0.2, -0.15) is 13.2 Å². The van der Waals surface area contributed by atoms with Crippen LogP contribution in [0.2, 0.25) is 0 Å². The molecule has 1 aliphatic carbocycles. The van der Waals surface area contributed by atoms with Crippen LogP contribution in [0.25, 0.3) is 0 Å². The summed E-state index contributed by atoms with van der Waals surface area (Å²) < 4.78 is 39.4. The van der Waals surface area contributed by atoms with Crippen molar-refractivity contribution in [2.45, 2.75) is 56.9 Å². The molecule has 0 aromatic carbocycles. The van der Waals surface area contributed by atoms with Crippen molar-refractivity contribution in [3.05, 3.63) is 0 Å².